The van der Waals surface area contributed by atoms with Crippen molar-refractivity contribution in [3.05, 3.63) is 59.2 Å². The maximum atomic E-state index is 16.2. The molecule has 0 aromatic heterocycles. The number of carbonyl (C=O) groups is 1. The lowest BCUT2D eigenvalue weighted by atomic mass is 9.51. The summed E-state index contributed by atoms with van der Waals surface area (Å²) in [5, 5.41) is 0. The summed E-state index contributed by atoms with van der Waals surface area (Å²) in [6, 6.07) is 12.8. The molecule has 0 radical (unpaired) electrons. The second-order valence-electron chi connectivity index (χ2n) is 13.5. The summed E-state index contributed by atoms with van der Waals surface area (Å²) >= 11 is 0. The molecule has 2 aromatic rings. The number of rotatable bonds is 10. The van der Waals surface area contributed by atoms with Crippen molar-refractivity contribution < 1.29 is 31.3 Å². The minimum atomic E-state index is -3.77. The molecule has 3 fully saturated rings. The van der Waals surface area contributed by atoms with Crippen LogP contribution in [0.15, 0.2) is 47.4 Å². The molecule has 2 saturated carbocycles. The smallest absolute Gasteiger partial charge is 0.296 e. The lowest BCUT2D eigenvalue weighted by Gasteiger charge is -2.53. The van der Waals surface area contributed by atoms with Crippen molar-refractivity contribution in [1.29, 1.82) is 0 Å². The van der Waals surface area contributed by atoms with E-state index in [-0.39, 0.29) is 47.2 Å². The van der Waals surface area contributed by atoms with Crippen molar-refractivity contribution in [2.24, 2.45) is 23.2 Å². The highest BCUT2D eigenvalue weighted by Crippen LogP contribution is 2.62. The normalized spacial score (nSPS) is 32.1. The molecule has 6 nitrogen and oxygen atoms in total. The predicted molar refractivity (Wildman–Crippen MR) is 162 cm³/mol. The van der Waals surface area contributed by atoms with Crippen LogP contribution in [0.4, 0.5) is 4.39 Å². The van der Waals surface area contributed by atoms with Gasteiger partial charge in [0.15, 0.2) is 6.29 Å². The molecule has 7 atom stereocenters. The number of hydrogen-bond acceptors (Lipinski definition) is 6. The van der Waals surface area contributed by atoms with E-state index in [1.807, 2.05) is 19.9 Å². The summed E-state index contributed by atoms with van der Waals surface area (Å²) in [5.41, 5.74) is 2.66. The number of aryl methyl sites for hydroxylation is 1. The lowest BCUT2D eigenvalue weighted by Crippen LogP contribution is -2.50. The summed E-state index contributed by atoms with van der Waals surface area (Å²) in [5.74, 6) is 1.38. The molecule has 2 aromatic carbocycles. The molecule has 8 heteroatoms. The summed E-state index contributed by atoms with van der Waals surface area (Å²) in [4.78, 5) is 13.2. The molecule has 4 aliphatic rings. The van der Waals surface area contributed by atoms with Crippen LogP contribution in [0.5, 0.6) is 5.75 Å². The number of fused-ring (bicyclic) bond motifs is 5. The minimum absolute atomic E-state index is 0.124. The predicted octanol–water partition coefficient (Wildman–Crippen LogP) is 7.47. The van der Waals surface area contributed by atoms with Gasteiger partial charge in [0, 0.05) is 24.2 Å². The first-order valence-electron chi connectivity index (χ1n) is 16.2. The summed E-state index contributed by atoms with van der Waals surface area (Å²) < 4.78 is 58.6. The van der Waals surface area contributed by atoms with E-state index in [0.717, 1.165) is 73.8 Å². The van der Waals surface area contributed by atoms with Crippen molar-refractivity contribution >= 4 is 15.9 Å². The Labute approximate surface area is 255 Å². The average Bonchev–Trinajstić information content (AvgIpc) is 3.28. The molecule has 1 aliphatic heterocycles. The zero-order valence-electron chi connectivity index (χ0n) is 25.4. The molecule has 0 N–H and O–H groups in total. The van der Waals surface area contributed by atoms with Gasteiger partial charge in [-0.3, -0.25) is 8.98 Å². The summed E-state index contributed by atoms with van der Waals surface area (Å²) in [6.07, 6.45) is 7.56. The number of benzene rings is 2. The van der Waals surface area contributed by atoms with Crippen LogP contribution in [0.3, 0.4) is 0 Å². The van der Waals surface area contributed by atoms with E-state index in [2.05, 4.69) is 12.1 Å². The molecule has 1 saturated heterocycles. The Balaban J connectivity index is 1.14. The monoisotopic (exact) mass is 612 g/mol. The van der Waals surface area contributed by atoms with E-state index in [1.165, 1.54) is 0 Å². The summed E-state index contributed by atoms with van der Waals surface area (Å²) in [6.45, 7) is 4.78. The molecule has 43 heavy (non-hydrogen) atoms. The molecule has 0 spiro atoms. The van der Waals surface area contributed by atoms with Crippen LogP contribution in [0, 0.1) is 30.1 Å². The second-order valence-corrected chi connectivity index (χ2v) is 15.1. The third-order valence-electron chi connectivity index (χ3n) is 10.7. The lowest BCUT2D eigenvalue weighted by molar-refractivity contribution is -0.132. The van der Waals surface area contributed by atoms with E-state index in [9.17, 15) is 13.2 Å². The van der Waals surface area contributed by atoms with E-state index in [4.69, 9.17) is 13.7 Å². The topological polar surface area (TPSA) is 78.9 Å². The van der Waals surface area contributed by atoms with Gasteiger partial charge in [0.05, 0.1) is 18.1 Å². The van der Waals surface area contributed by atoms with Crippen molar-refractivity contribution in [3.63, 3.8) is 0 Å². The Morgan fingerprint density at radius 2 is 1.86 bits per heavy atom. The van der Waals surface area contributed by atoms with Gasteiger partial charge in [0.25, 0.3) is 10.1 Å². The third-order valence-corrected chi connectivity index (χ3v) is 12.0. The van der Waals surface area contributed by atoms with Crippen LogP contribution >= 0.6 is 0 Å². The highest BCUT2D eigenvalue weighted by molar-refractivity contribution is 7.86. The van der Waals surface area contributed by atoms with Gasteiger partial charge < -0.3 is 9.47 Å². The van der Waals surface area contributed by atoms with Crippen LogP contribution in [0.1, 0.15) is 93.7 Å². The fraction of sp³-hybridized carbons (Fsp3) is 0.629. The van der Waals surface area contributed by atoms with E-state index in [0.29, 0.717) is 25.9 Å². The van der Waals surface area contributed by atoms with Gasteiger partial charge in [-0.05, 0) is 105 Å². The molecule has 6 rings (SSSR count). The molecule has 1 unspecified atom stereocenters. The molecule has 0 bridgehead atoms. The number of halogens is 1. The van der Waals surface area contributed by atoms with E-state index < -0.39 is 21.7 Å². The van der Waals surface area contributed by atoms with Crippen molar-refractivity contribution in [1.82, 2.24) is 0 Å². The maximum Gasteiger partial charge on any atom is 0.296 e. The Morgan fingerprint density at radius 3 is 2.63 bits per heavy atom. The molecular weight excluding hydrogens is 567 g/mol. The average molecular weight is 613 g/mol. The Bertz CT molecular complexity index is 1400. The first-order valence-corrected chi connectivity index (χ1v) is 17.6. The second kappa shape index (κ2) is 12.6. The number of hydrogen-bond donors (Lipinski definition) is 0. The maximum absolute atomic E-state index is 16.2. The van der Waals surface area contributed by atoms with Gasteiger partial charge in [0.1, 0.15) is 17.7 Å². The molecular formula is C35H45FO6S. The minimum Gasteiger partial charge on any atom is -0.465 e. The molecule has 1 heterocycles. The van der Waals surface area contributed by atoms with Crippen LogP contribution in [-0.4, -0.2) is 39.9 Å². The van der Waals surface area contributed by atoms with E-state index in [1.54, 1.807) is 24.3 Å². The van der Waals surface area contributed by atoms with Crippen LogP contribution in [0.2, 0.25) is 0 Å². The van der Waals surface area contributed by atoms with Gasteiger partial charge in [0.2, 0.25) is 0 Å². The first kappa shape index (κ1) is 30.7. The van der Waals surface area contributed by atoms with Crippen LogP contribution < -0.4 is 4.74 Å². The van der Waals surface area contributed by atoms with Crippen LogP contribution in [0.25, 0.3) is 0 Å². The zero-order valence-corrected chi connectivity index (χ0v) is 26.3. The molecule has 3 aliphatic carbocycles. The zero-order chi connectivity index (χ0) is 30.2. The van der Waals surface area contributed by atoms with Crippen molar-refractivity contribution in [2.75, 3.05) is 13.2 Å². The van der Waals surface area contributed by atoms with Gasteiger partial charge in [-0.2, -0.15) is 8.42 Å². The largest absolute Gasteiger partial charge is 0.465 e. The molecule has 234 valence electrons. The Hall–Kier alpha value is -2.29. The SMILES string of the molecule is Cc1ccc(S(=O)(=O)OCCCCC[C@@H]2Cc3cc(OC4CCCCO4)ccc3[C@@H]3[C@@H]2[C@@H]2CCC(=O)[C@@]2(C)C[C@@H]3F)cc1. The van der Waals surface area contributed by atoms with Gasteiger partial charge in [-0.15, -0.1) is 0 Å². The number of unbranched alkanes of at least 4 members (excludes halogenated alkanes) is 2. The Kier molecular flexibility index (Phi) is 9.01. The highest BCUT2D eigenvalue weighted by atomic mass is 32.2. The van der Waals surface area contributed by atoms with Crippen molar-refractivity contribution in [3.8, 4) is 5.75 Å². The standard InChI is InChI=1S/C35H45FO6S/c1-23-10-13-27(14-11-23)43(38,39)41-19-6-3-4-8-24-20-25-21-26(42-32-9-5-7-18-40-32)12-15-28(25)34-30(36)22-35(2)29(33(24)34)16-17-31(35)37/h10-15,21,24,29-30,32-34H,3-9,16-20,22H2,1-2H3/t24-,29+,30+,32?,33+,34+,35+/m1/s1. The van der Waals surface area contributed by atoms with E-state index >= 15 is 4.39 Å². The molecule has 0 amide bonds. The number of alkyl halides is 1. The first-order chi connectivity index (χ1) is 20.7. The fourth-order valence-electron chi connectivity index (χ4n) is 8.48. The highest BCUT2D eigenvalue weighted by Gasteiger charge is 2.60. The quantitative estimate of drug-likeness (QED) is 0.205. The van der Waals surface area contributed by atoms with Gasteiger partial charge in [-0.1, -0.05) is 43.5 Å². The van der Waals surface area contributed by atoms with Gasteiger partial charge >= 0.3 is 0 Å². The number of ketones is 1. The van der Waals surface area contributed by atoms with Gasteiger partial charge in [-0.25, -0.2) is 4.39 Å². The third kappa shape index (κ3) is 6.30. The Morgan fingerprint density at radius 1 is 1.05 bits per heavy atom. The summed E-state index contributed by atoms with van der Waals surface area (Å²) in [7, 11) is -3.77. The number of carbonyl (C=O) groups excluding carboxylic acids is 1. The van der Waals surface area contributed by atoms with Crippen LogP contribution in [-0.2, 0) is 30.3 Å². The fourth-order valence-corrected chi connectivity index (χ4v) is 9.42. The number of Topliss-reactive ketones (excluding diaryl/α,β-unsaturated/α-hetero) is 1. The number of ether oxygens (including phenoxy) is 2. The van der Waals surface area contributed by atoms with Crippen molar-refractivity contribution in [2.45, 2.75) is 108 Å².